The summed E-state index contributed by atoms with van der Waals surface area (Å²) in [6.45, 7) is 5.80. The maximum atomic E-state index is 12.1. The van der Waals surface area contributed by atoms with Gasteiger partial charge in [-0.2, -0.15) is 4.98 Å². The van der Waals surface area contributed by atoms with Crippen LogP contribution in [0.4, 0.5) is 5.69 Å². The number of thioether (sulfide) groups is 1. The van der Waals surface area contributed by atoms with Gasteiger partial charge in [-0.05, 0) is 44.5 Å². The number of fused-ring (bicyclic) bond motifs is 1. The first-order chi connectivity index (χ1) is 11.4. The van der Waals surface area contributed by atoms with Gasteiger partial charge in [-0.3, -0.25) is 4.79 Å². The van der Waals surface area contributed by atoms with Crippen LogP contribution in [-0.2, 0) is 4.79 Å². The third kappa shape index (κ3) is 3.68. The summed E-state index contributed by atoms with van der Waals surface area (Å²) in [5.74, 6) is 0.571. The van der Waals surface area contributed by atoms with Crippen molar-refractivity contribution >= 4 is 40.7 Å². The SMILES string of the molecule is Cc1ccc(NC(=O)CSc2nc3nc(C)cc(C)n3n2)c(Cl)c1. The van der Waals surface area contributed by atoms with Crippen molar-refractivity contribution < 1.29 is 4.79 Å². The van der Waals surface area contributed by atoms with Crippen LogP contribution in [-0.4, -0.2) is 31.2 Å². The van der Waals surface area contributed by atoms with Crippen LogP contribution in [0.1, 0.15) is 17.0 Å². The van der Waals surface area contributed by atoms with E-state index in [2.05, 4.69) is 20.4 Å². The molecule has 1 amide bonds. The normalized spacial score (nSPS) is 11.0. The molecule has 0 saturated carbocycles. The number of hydrogen-bond donors (Lipinski definition) is 1. The highest BCUT2D eigenvalue weighted by molar-refractivity contribution is 7.99. The Kier molecular flexibility index (Phi) is 4.73. The maximum absolute atomic E-state index is 12.1. The van der Waals surface area contributed by atoms with E-state index in [0.29, 0.717) is 21.6 Å². The number of carbonyl (C=O) groups excluding carboxylic acids is 1. The first-order valence-corrected chi connectivity index (χ1v) is 8.68. The number of anilines is 1. The van der Waals surface area contributed by atoms with Gasteiger partial charge in [0.2, 0.25) is 11.1 Å². The van der Waals surface area contributed by atoms with Crippen LogP contribution < -0.4 is 5.32 Å². The zero-order chi connectivity index (χ0) is 17.3. The first-order valence-electron chi connectivity index (χ1n) is 7.32. The van der Waals surface area contributed by atoms with E-state index in [9.17, 15) is 4.79 Å². The summed E-state index contributed by atoms with van der Waals surface area (Å²) in [6.07, 6.45) is 0. The van der Waals surface area contributed by atoms with E-state index >= 15 is 0 Å². The molecule has 0 atom stereocenters. The molecule has 24 heavy (non-hydrogen) atoms. The van der Waals surface area contributed by atoms with Crippen molar-refractivity contribution in [1.29, 1.82) is 0 Å². The molecule has 0 radical (unpaired) electrons. The van der Waals surface area contributed by atoms with Gasteiger partial charge < -0.3 is 5.32 Å². The van der Waals surface area contributed by atoms with Crippen LogP contribution in [0.3, 0.4) is 0 Å². The minimum atomic E-state index is -0.162. The number of nitrogens with one attached hydrogen (secondary N) is 1. The van der Waals surface area contributed by atoms with Crippen molar-refractivity contribution in [3.63, 3.8) is 0 Å². The fourth-order valence-corrected chi connectivity index (χ4v) is 3.15. The second-order valence-electron chi connectivity index (χ2n) is 5.47. The van der Waals surface area contributed by atoms with E-state index in [4.69, 9.17) is 11.6 Å². The molecule has 0 aliphatic rings. The predicted octanol–water partition coefficient (Wildman–Crippen LogP) is 3.43. The van der Waals surface area contributed by atoms with Crippen molar-refractivity contribution in [3.8, 4) is 0 Å². The van der Waals surface area contributed by atoms with Crippen LogP contribution in [0.25, 0.3) is 5.78 Å². The first kappa shape index (κ1) is 16.7. The Morgan fingerprint density at radius 2 is 2.04 bits per heavy atom. The monoisotopic (exact) mass is 361 g/mol. The second-order valence-corrected chi connectivity index (χ2v) is 6.81. The van der Waals surface area contributed by atoms with E-state index < -0.39 is 0 Å². The van der Waals surface area contributed by atoms with E-state index in [1.807, 2.05) is 39.0 Å². The molecule has 0 unspecified atom stereocenters. The zero-order valence-corrected chi connectivity index (χ0v) is 15.1. The molecule has 0 saturated heterocycles. The highest BCUT2D eigenvalue weighted by atomic mass is 35.5. The average molecular weight is 362 g/mol. The number of aryl methyl sites for hydroxylation is 3. The van der Waals surface area contributed by atoms with Crippen LogP contribution in [0.15, 0.2) is 29.4 Å². The molecule has 0 spiro atoms. The number of amides is 1. The smallest absolute Gasteiger partial charge is 0.253 e. The topological polar surface area (TPSA) is 72.2 Å². The summed E-state index contributed by atoms with van der Waals surface area (Å²) >= 11 is 7.38. The quantitative estimate of drug-likeness (QED) is 0.721. The molecule has 2 aromatic heterocycles. The average Bonchev–Trinajstić information content (AvgIpc) is 2.91. The Morgan fingerprint density at radius 1 is 1.25 bits per heavy atom. The minimum absolute atomic E-state index is 0.162. The number of hydrogen-bond acceptors (Lipinski definition) is 5. The molecular weight excluding hydrogens is 346 g/mol. The molecule has 0 aliphatic carbocycles. The molecule has 3 aromatic rings. The lowest BCUT2D eigenvalue weighted by molar-refractivity contribution is -0.113. The molecule has 0 aliphatic heterocycles. The van der Waals surface area contributed by atoms with Crippen LogP contribution in [0.2, 0.25) is 5.02 Å². The molecule has 8 heteroatoms. The summed E-state index contributed by atoms with van der Waals surface area (Å²) in [5.41, 5.74) is 3.48. The number of aromatic nitrogens is 4. The lowest BCUT2D eigenvalue weighted by Crippen LogP contribution is -2.14. The van der Waals surface area contributed by atoms with E-state index in [1.54, 1.807) is 10.6 Å². The largest absolute Gasteiger partial charge is 0.324 e. The van der Waals surface area contributed by atoms with Crippen molar-refractivity contribution in [3.05, 3.63) is 46.2 Å². The van der Waals surface area contributed by atoms with Gasteiger partial charge in [0.1, 0.15) is 0 Å². The van der Waals surface area contributed by atoms with Gasteiger partial charge in [-0.15, -0.1) is 5.10 Å². The molecule has 124 valence electrons. The van der Waals surface area contributed by atoms with E-state index in [0.717, 1.165) is 17.0 Å². The predicted molar refractivity (Wildman–Crippen MR) is 95.8 cm³/mol. The molecular formula is C16H16ClN5OS. The second kappa shape index (κ2) is 6.78. The van der Waals surface area contributed by atoms with Gasteiger partial charge in [0.05, 0.1) is 16.5 Å². The molecule has 0 bridgehead atoms. The standard InChI is InChI=1S/C16H16ClN5OS/c1-9-4-5-13(12(17)6-9)19-14(23)8-24-16-20-15-18-10(2)7-11(3)22(15)21-16/h4-7H,8H2,1-3H3,(H,19,23). The van der Waals surface area contributed by atoms with Gasteiger partial charge in [-0.1, -0.05) is 29.4 Å². The lowest BCUT2D eigenvalue weighted by Gasteiger charge is -2.06. The van der Waals surface area contributed by atoms with Crippen LogP contribution in [0.5, 0.6) is 0 Å². The summed E-state index contributed by atoms with van der Waals surface area (Å²) < 4.78 is 1.67. The Hall–Kier alpha value is -2.12. The minimum Gasteiger partial charge on any atom is -0.324 e. The number of carbonyl (C=O) groups is 1. The third-order valence-corrected chi connectivity index (χ3v) is 4.48. The van der Waals surface area contributed by atoms with E-state index in [1.165, 1.54) is 11.8 Å². The molecule has 2 heterocycles. The summed E-state index contributed by atoms with van der Waals surface area (Å²) in [6, 6.07) is 7.43. The van der Waals surface area contributed by atoms with Gasteiger partial charge in [0.25, 0.3) is 5.78 Å². The Labute approximate surface area is 148 Å². The Morgan fingerprint density at radius 3 is 2.79 bits per heavy atom. The van der Waals surface area contributed by atoms with Crippen LogP contribution in [0, 0.1) is 20.8 Å². The van der Waals surface area contributed by atoms with Crippen molar-refractivity contribution in [2.75, 3.05) is 11.1 Å². The number of benzene rings is 1. The maximum Gasteiger partial charge on any atom is 0.253 e. The molecule has 1 aromatic carbocycles. The molecule has 1 N–H and O–H groups in total. The molecule has 3 rings (SSSR count). The van der Waals surface area contributed by atoms with Gasteiger partial charge in [0.15, 0.2) is 0 Å². The van der Waals surface area contributed by atoms with Crippen molar-refractivity contribution in [2.45, 2.75) is 25.9 Å². The highest BCUT2D eigenvalue weighted by Gasteiger charge is 2.11. The fourth-order valence-electron chi connectivity index (χ4n) is 2.25. The molecule has 0 fully saturated rings. The van der Waals surface area contributed by atoms with Gasteiger partial charge in [-0.25, -0.2) is 9.50 Å². The molecule has 6 nitrogen and oxygen atoms in total. The van der Waals surface area contributed by atoms with Gasteiger partial charge >= 0.3 is 0 Å². The third-order valence-electron chi connectivity index (χ3n) is 3.33. The Balaban J connectivity index is 1.67. The lowest BCUT2D eigenvalue weighted by atomic mass is 10.2. The fraction of sp³-hybridized carbons (Fsp3) is 0.250. The summed E-state index contributed by atoms with van der Waals surface area (Å²) in [4.78, 5) is 20.8. The van der Waals surface area contributed by atoms with E-state index in [-0.39, 0.29) is 11.7 Å². The Bertz CT molecular complexity index is 924. The van der Waals surface area contributed by atoms with Gasteiger partial charge in [0, 0.05) is 11.4 Å². The highest BCUT2D eigenvalue weighted by Crippen LogP contribution is 2.23. The summed E-state index contributed by atoms with van der Waals surface area (Å²) in [5, 5.41) is 8.19. The number of halogens is 1. The van der Waals surface area contributed by atoms with Crippen molar-refractivity contribution in [2.24, 2.45) is 0 Å². The van der Waals surface area contributed by atoms with Crippen molar-refractivity contribution in [1.82, 2.24) is 19.6 Å². The number of rotatable bonds is 4. The number of nitrogens with zero attached hydrogens (tertiary/aromatic N) is 4. The summed E-state index contributed by atoms with van der Waals surface area (Å²) in [7, 11) is 0. The van der Waals surface area contributed by atoms with Crippen LogP contribution >= 0.6 is 23.4 Å². The zero-order valence-electron chi connectivity index (χ0n) is 13.5.